The first-order valence-electron chi connectivity index (χ1n) is 9.42. The van der Waals surface area contributed by atoms with Crippen molar-refractivity contribution in [1.82, 2.24) is 19.3 Å². The van der Waals surface area contributed by atoms with E-state index in [1.165, 1.54) is 19.2 Å². The van der Waals surface area contributed by atoms with Crippen molar-refractivity contribution in [3.63, 3.8) is 0 Å². The van der Waals surface area contributed by atoms with Crippen LogP contribution in [-0.2, 0) is 10.0 Å². The molecule has 0 aromatic carbocycles. The molecule has 11 heteroatoms. The molecule has 0 spiro atoms. The predicted octanol–water partition coefficient (Wildman–Crippen LogP) is 2.98. The van der Waals surface area contributed by atoms with E-state index < -0.39 is 29.4 Å². The van der Waals surface area contributed by atoms with E-state index in [4.69, 9.17) is 4.74 Å². The summed E-state index contributed by atoms with van der Waals surface area (Å²) in [5.41, 5.74) is 2.32. The fourth-order valence-corrected chi connectivity index (χ4v) is 4.40. The van der Waals surface area contributed by atoms with Crippen LogP contribution in [0.4, 0.5) is 8.78 Å². The van der Waals surface area contributed by atoms with Crippen LogP contribution in [0.25, 0.3) is 28.1 Å². The molecule has 0 radical (unpaired) electrons. The van der Waals surface area contributed by atoms with Crippen molar-refractivity contribution in [3.8, 4) is 23.3 Å². The van der Waals surface area contributed by atoms with Gasteiger partial charge in [0.25, 0.3) is 0 Å². The lowest BCUT2D eigenvalue weighted by molar-refractivity contribution is 0.334. The Morgan fingerprint density at radius 3 is 2.53 bits per heavy atom. The summed E-state index contributed by atoms with van der Waals surface area (Å²) >= 11 is 0. The summed E-state index contributed by atoms with van der Waals surface area (Å²) in [5.74, 6) is 0.368. The Balaban J connectivity index is 1.84. The van der Waals surface area contributed by atoms with Gasteiger partial charge in [-0.25, -0.2) is 21.9 Å². The molecule has 0 atom stereocenters. The molecule has 164 valence electrons. The third-order valence-corrected chi connectivity index (χ3v) is 6.39. The van der Waals surface area contributed by atoms with E-state index >= 15 is 0 Å². The zero-order valence-electron chi connectivity index (χ0n) is 16.8. The maximum absolute atomic E-state index is 12.7. The Kier molecular flexibility index (Phi) is 5.73. The summed E-state index contributed by atoms with van der Waals surface area (Å²) in [6, 6.07) is 6.77. The largest absolute Gasteiger partial charge is 0.481 e. The monoisotopic (exact) mass is 457 g/mol. The maximum Gasteiger partial charge on any atom is 0.242 e. The minimum Gasteiger partial charge on any atom is -0.481 e. The second kappa shape index (κ2) is 8.49. The number of nitriles is 1. The molecule has 3 heterocycles. The number of nitrogens with one attached hydrogen (secondary N) is 1. The van der Waals surface area contributed by atoms with Crippen LogP contribution in [0.2, 0.25) is 0 Å². The quantitative estimate of drug-likeness (QED) is 0.557. The van der Waals surface area contributed by atoms with Gasteiger partial charge in [-0.05, 0) is 30.4 Å². The maximum atomic E-state index is 12.7. The molecule has 0 aliphatic heterocycles. The molecule has 1 aliphatic rings. The second-order valence-corrected chi connectivity index (χ2v) is 8.57. The summed E-state index contributed by atoms with van der Waals surface area (Å²) in [4.78, 5) is 8.45. The van der Waals surface area contributed by atoms with E-state index in [9.17, 15) is 22.5 Å². The van der Waals surface area contributed by atoms with Gasteiger partial charge >= 0.3 is 0 Å². The van der Waals surface area contributed by atoms with Gasteiger partial charge in [0.1, 0.15) is 24.3 Å². The first-order valence-corrected chi connectivity index (χ1v) is 10.9. The number of halogens is 2. The van der Waals surface area contributed by atoms with Crippen molar-refractivity contribution in [2.24, 2.45) is 0 Å². The summed E-state index contributed by atoms with van der Waals surface area (Å²) in [6.07, 6.45) is 6.58. The normalized spacial score (nSPS) is 13.2. The van der Waals surface area contributed by atoms with E-state index in [1.807, 2.05) is 23.0 Å². The Hall–Kier alpha value is -3.62. The third-order valence-electron chi connectivity index (χ3n) is 4.89. The molecule has 0 fully saturated rings. The molecular formula is C21H17F2N5O3S. The number of allylic oxidation sites excluding steroid dienone is 4. The van der Waals surface area contributed by atoms with E-state index in [-0.39, 0.29) is 4.90 Å². The zero-order valence-corrected chi connectivity index (χ0v) is 17.6. The molecular weight excluding hydrogens is 440 g/mol. The highest BCUT2D eigenvalue weighted by atomic mass is 32.2. The first-order chi connectivity index (χ1) is 15.4. The smallest absolute Gasteiger partial charge is 0.242 e. The van der Waals surface area contributed by atoms with Crippen LogP contribution in [0.3, 0.4) is 0 Å². The fraction of sp³-hybridized carbons (Fsp3) is 0.190. The van der Waals surface area contributed by atoms with Crippen LogP contribution in [0, 0.1) is 11.3 Å². The molecule has 0 saturated carbocycles. The van der Waals surface area contributed by atoms with Crippen LogP contribution in [-0.4, -0.2) is 49.5 Å². The van der Waals surface area contributed by atoms with E-state index in [1.54, 1.807) is 16.7 Å². The highest BCUT2D eigenvalue weighted by molar-refractivity contribution is 7.89. The number of fused-ring (bicyclic) bond motifs is 1. The number of pyridine rings is 2. The molecule has 1 aliphatic carbocycles. The molecule has 4 rings (SSSR count). The first kappa shape index (κ1) is 21.6. The van der Waals surface area contributed by atoms with Gasteiger partial charge in [-0.1, -0.05) is 6.08 Å². The Morgan fingerprint density at radius 1 is 1.25 bits per heavy atom. The van der Waals surface area contributed by atoms with Crippen LogP contribution < -0.4 is 9.46 Å². The van der Waals surface area contributed by atoms with E-state index in [0.717, 1.165) is 11.9 Å². The van der Waals surface area contributed by atoms with Gasteiger partial charge in [0.05, 0.1) is 30.1 Å². The molecule has 3 aromatic heterocycles. The van der Waals surface area contributed by atoms with Crippen LogP contribution in [0.15, 0.2) is 53.6 Å². The van der Waals surface area contributed by atoms with Crippen LogP contribution >= 0.6 is 0 Å². The number of aromatic nitrogens is 3. The Labute approximate surface area is 182 Å². The lowest BCUT2D eigenvalue weighted by Gasteiger charge is -2.15. The van der Waals surface area contributed by atoms with Gasteiger partial charge in [0, 0.05) is 23.3 Å². The minimum atomic E-state index is -4.17. The van der Waals surface area contributed by atoms with Gasteiger partial charge in [0.2, 0.25) is 15.9 Å². The number of hydrogen-bond donors (Lipinski definition) is 1. The Morgan fingerprint density at radius 2 is 2.00 bits per heavy atom. The van der Waals surface area contributed by atoms with Crippen molar-refractivity contribution in [1.29, 1.82) is 5.26 Å². The lowest BCUT2D eigenvalue weighted by Crippen LogP contribution is -2.37. The zero-order chi connectivity index (χ0) is 22.9. The lowest BCUT2D eigenvalue weighted by atomic mass is 10.1. The molecule has 0 amide bonds. The standard InChI is InChI=1S/C21H17F2N5O3S/c1-31-19-8-6-16-17(11-24)20(28(21(16)26-19)14-3-2-4-14)18-7-5-15(12-25-18)32(29,30)27-13(9-22)10-23/h2-8,12-13,27H,9-10H2,1H3. The molecule has 0 unspecified atom stereocenters. The van der Waals surface area contributed by atoms with Gasteiger partial charge < -0.3 is 4.74 Å². The van der Waals surface area contributed by atoms with Crippen molar-refractivity contribution < 1.29 is 21.9 Å². The molecule has 0 saturated heterocycles. The number of ether oxygens (including phenoxy) is 1. The average Bonchev–Trinajstić information content (AvgIpc) is 3.09. The van der Waals surface area contributed by atoms with Gasteiger partial charge in [-0.3, -0.25) is 9.55 Å². The van der Waals surface area contributed by atoms with Gasteiger partial charge in [-0.15, -0.1) is 0 Å². The summed E-state index contributed by atoms with van der Waals surface area (Å²) in [7, 11) is -2.68. The molecule has 0 bridgehead atoms. The van der Waals surface area contributed by atoms with Crippen molar-refractivity contribution >= 4 is 26.8 Å². The molecule has 32 heavy (non-hydrogen) atoms. The van der Waals surface area contributed by atoms with Crippen molar-refractivity contribution in [3.05, 3.63) is 54.3 Å². The third kappa shape index (κ3) is 3.63. The second-order valence-electron chi connectivity index (χ2n) is 6.85. The molecule has 1 N–H and O–H groups in total. The number of hydrogen-bond acceptors (Lipinski definition) is 6. The molecule has 3 aromatic rings. The minimum absolute atomic E-state index is 0.253. The number of methoxy groups -OCH3 is 1. The highest BCUT2D eigenvalue weighted by Crippen LogP contribution is 2.37. The average molecular weight is 457 g/mol. The van der Waals surface area contributed by atoms with Crippen molar-refractivity contribution in [2.75, 3.05) is 20.5 Å². The van der Waals surface area contributed by atoms with Gasteiger partial charge in [0.15, 0.2) is 5.65 Å². The van der Waals surface area contributed by atoms with Gasteiger partial charge in [-0.2, -0.15) is 10.2 Å². The fourth-order valence-electron chi connectivity index (χ4n) is 3.27. The number of nitrogens with zero attached hydrogens (tertiary/aromatic N) is 4. The highest BCUT2D eigenvalue weighted by Gasteiger charge is 2.25. The van der Waals surface area contributed by atoms with Crippen LogP contribution in [0.5, 0.6) is 5.88 Å². The number of rotatable bonds is 8. The van der Waals surface area contributed by atoms with E-state index in [0.29, 0.717) is 33.9 Å². The molecule has 8 nitrogen and oxygen atoms in total. The Bertz CT molecular complexity index is 1390. The summed E-state index contributed by atoms with van der Waals surface area (Å²) in [5, 5.41) is 10.4. The topological polar surface area (TPSA) is 110 Å². The summed E-state index contributed by atoms with van der Waals surface area (Å²) in [6.45, 7) is -2.35. The SMILES string of the molecule is COc1ccc2c(C#N)c(-c3ccc(S(=O)(=O)NC(CF)CF)cn3)n(C3=CC=C3)c2n1. The predicted molar refractivity (Wildman–Crippen MR) is 114 cm³/mol. The number of alkyl halides is 2. The summed E-state index contributed by atoms with van der Waals surface area (Å²) < 4.78 is 59.2. The van der Waals surface area contributed by atoms with E-state index in [2.05, 4.69) is 16.0 Å². The number of sulfonamides is 1. The van der Waals surface area contributed by atoms with Crippen LogP contribution in [0.1, 0.15) is 5.56 Å². The van der Waals surface area contributed by atoms with Crippen molar-refractivity contribution in [2.45, 2.75) is 10.9 Å².